The molecule has 0 aliphatic carbocycles. The van der Waals surface area contributed by atoms with E-state index in [0.29, 0.717) is 11.1 Å². The minimum atomic E-state index is -4.25. The third-order valence-electron chi connectivity index (χ3n) is 10.7. The molecule has 1 fully saturated rings. The van der Waals surface area contributed by atoms with E-state index in [9.17, 15) is 62.4 Å². The molecule has 2 aliphatic rings. The number of aryl methyl sites for hydroxylation is 2. The van der Waals surface area contributed by atoms with Crippen LogP contribution < -0.4 is 16.0 Å². The van der Waals surface area contributed by atoms with Crippen molar-refractivity contribution in [1.82, 2.24) is 30.5 Å². The first-order chi connectivity index (χ1) is 30.3. The first-order valence-electron chi connectivity index (χ1n) is 20.4. The summed E-state index contributed by atoms with van der Waals surface area (Å²) in [5, 5.41) is 56.2. The molecule has 5 amide bonds. The third-order valence-corrected chi connectivity index (χ3v) is 12.7. The maximum Gasteiger partial charge on any atom is 0.335 e. The maximum absolute atomic E-state index is 13.6. The smallest absolute Gasteiger partial charge is 0.335 e. The van der Waals surface area contributed by atoms with Crippen molar-refractivity contribution in [2.24, 2.45) is 5.92 Å². The molecule has 3 heterocycles. The molecule has 1 aromatic carbocycles. The van der Waals surface area contributed by atoms with Crippen molar-refractivity contribution < 1.29 is 76.4 Å². The van der Waals surface area contributed by atoms with E-state index in [4.69, 9.17) is 14.0 Å². The van der Waals surface area contributed by atoms with E-state index in [-0.39, 0.29) is 43.8 Å². The van der Waals surface area contributed by atoms with Crippen LogP contribution in [0.2, 0.25) is 0 Å². The van der Waals surface area contributed by atoms with Crippen LogP contribution in [0.4, 0.5) is 5.69 Å². The van der Waals surface area contributed by atoms with Gasteiger partial charge in [0, 0.05) is 24.4 Å². The van der Waals surface area contributed by atoms with Crippen molar-refractivity contribution in [3.05, 3.63) is 53.4 Å². The number of benzene rings is 1. The lowest BCUT2D eigenvalue weighted by Crippen LogP contribution is -2.59. The van der Waals surface area contributed by atoms with Crippen molar-refractivity contribution in [1.29, 1.82) is 0 Å². The van der Waals surface area contributed by atoms with Gasteiger partial charge in [-0.2, -0.15) is 8.42 Å². The van der Waals surface area contributed by atoms with E-state index >= 15 is 0 Å². The molecule has 2 aromatic rings. The van der Waals surface area contributed by atoms with Crippen molar-refractivity contribution in [2.75, 3.05) is 17.3 Å². The van der Waals surface area contributed by atoms with Crippen molar-refractivity contribution in [3.8, 4) is 0 Å². The summed E-state index contributed by atoms with van der Waals surface area (Å²) in [6, 6.07) is 0.933. The lowest BCUT2D eigenvalue weighted by Gasteiger charge is -2.39. The van der Waals surface area contributed by atoms with Crippen LogP contribution in [0.25, 0.3) is 0 Å². The summed E-state index contributed by atoms with van der Waals surface area (Å²) in [7, 11) is -4.25. The monoisotopic (exact) mass is 953 g/mol. The number of nitrogens with one attached hydrogen (secondary N) is 3. The number of carbonyl (C=O) groups excluding carboxylic acids is 6. The molecule has 2 aliphatic heterocycles. The Morgan fingerprint density at radius 3 is 2.23 bits per heavy atom. The van der Waals surface area contributed by atoms with Gasteiger partial charge in [-0.15, -0.1) is 16.9 Å². The number of rotatable bonds is 22. The Morgan fingerprint density at radius 1 is 0.969 bits per heavy atom. The Balaban J connectivity index is 1.46. The van der Waals surface area contributed by atoms with E-state index < -0.39 is 123 Å². The van der Waals surface area contributed by atoms with E-state index in [1.54, 1.807) is 46.1 Å². The molecule has 1 unspecified atom stereocenters. The summed E-state index contributed by atoms with van der Waals surface area (Å²) < 4.78 is 42.6. The molecule has 0 saturated carbocycles. The number of amides is 5. The molecule has 25 heteroatoms. The summed E-state index contributed by atoms with van der Waals surface area (Å²) in [4.78, 5) is 91.2. The van der Waals surface area contributed by atoms with E-state index in [1.807, 2.05) is 0 Å². The lowest BCUT2D eigenvalue weighted by atomic mass is 9.91. The van der Waals surface area contributed by atoms with Crippen LogP contribution in [-0.2, 0) is 72.7 Å². The average Bonchev–Trinajstić information content (AvgIpc) is 3.84. The summed E-state index contributed by atoms with van der Waals surface area (Å²) in [6.07, 6.45) is -3.92. The number of aromatic nitrogens is 3. The van der Waals surface area contributed by atoms with Gasteiger partial charge in [0.15, 0.2) is 6.10 Å². The number of nitrogens with zero attached hydrogens (tertiary/aromatic N) is 4. The van der Waals surface area contributed by atoms with Crippen LogP contribution in [0.15, 0.2) is 36.5 Å². The number of ether oxygens (including phenoxy) is 2. The fourth-order valence-electron chi connectivity index (χ4n) is 6.76. The highest BCUT2D eigenvalue weighted by Crippen LogP contribution is 2.29. The average molecular weight is 954 g/mol. The number of thioether (sulfide) groups is 1. The lowest BCUT2D eigenvalue weighted by molar-refractivity contribution is -0.228. The number of anilines is 1. The quantitative estimate of drug-likeness (QED) is 0.0409. The Hall–Kier alpha value is -5.31. The van der Waals surface area contributed by atoms with Gasteiger partial charge in [-0.25, -0.2) is 4.79 Å². The predicted molar refractivity (Wildman–Crippen MR) is 229 cm³/mol. The molecular formula is C40H55N7O16S2. The number of hydrogen-bond acceptors (Lipinski definition) is 17. The highest BCUT2D eigenvalue weighted by Gasteiger charge is 2.46. The first-order valence-corrected chi connectivity index (χ1v) is 23.2. The van der Waals surface area contributed by atoms with Gasteiger partial charge < -0.3 is 45.9 Å². The molecule has 65 heavy (non-hydrogen) atoms. The second-order valence-electron chi connectivity index (χ2n) is 16.4. The minimum absolute atomic E-state index is 0.00960. The van der Waals surface area contributed by atoms with Crippen LogP contribution in [-0.4, -0.2) is 154 Å². The van der Waals surface area contributed by atoms with E-state index in [2.05, 4.69) is 26.3 Å². The van der Waals surface area contributed by atoms with Gasteiger partial charge in [-0.1, -0.05) is 25.1 Å². The fourth-order valence-corrected chi connectivity index (χ4v) is 7.48. The number of aliphatic hydroxyl groups excluding tert-OH is 3. The van der Waals surface area contributed by atoms with Gasteiger partial charge in [0.2, 0.25) is 17.7 Å². The Morgan fingerprint density at radius 2 is 1.63 bits per heavy atom. The summed E-state index contributed by atoms with van der Waals surface area (Å²) in [5.41, 5.74) is 1.20. The normalized spacial score (nSPS) is 21.5. The zero-order chi connectivity index (χ0) is 48.6. The second kappa shape index (κ2) is 22.3. The largest absolute Gasteiger partial charge is 0.479 e. The number of carboxylic acid groups (broad SMARTS) is 1. The van der Waals surface area contributed by atoms with Crippen LogP contribution in [0.5, 0.6) is 0 Å². The molecular weight excluding hydrogens is 899 g/mol. The summed E-state index contributed by atoms with van der Waals surface area (Å²) >= 11 is 1.28. The number of aliphatic carboxylic acids is 1. The zero-order valence-electron chi connectivity index (χ0n) is 36.4. The van der Waals surface area contributed by atoms with Crippen LogP contribution in [0, 0.1) is 5.92 Å². The molecule has 358 valence electrons. The first kappa shape index (κ1) is 52.3. The number of aliphatic hydroxyl groups is 3. The van der Waals surface area contributed by atoms with E-state index in [0.717, 1.165) is 17.1 Å². The number of esters is 1. The number of carbonyl (C=O) groups is 7. The van der Waals surface area contributed by atoms with E-state index in [1.165, 1.54) is 35.6 Å². The van der Waals surface area contributed by atoms with Gasteiger partial charge in [0.05, 0.1) is 30.5 Å². The fraction of sp³-hybridized carbons (Fsp3) is 0.575. The van der Waals surface area contributed by atoms with Crippen molar-refractivity contribution in [2.45, 2.75) is 127 Å². The maximum atomic E-state index is 13.6. The van der Waals surface area contributed by atoms with Gasteiger partial charge in [0.25, 0.3) is 21.9 Å². The van der Waals surface area contributed by atoms with Crippen LogP contribution >= 0.6 is 11.8 Å². The van der Waals surface area contributed by atoms with Crippen LogP contribution in [0.1, 0.15) is 76.7 Å². The topological polar surface area (TPSA) is 343 Å². The molecule has 4 rings (SSSR count). The highest BCUT2D eigenvalue weighted by atomic mass is 32.2. The molecule has 0 radical (unpaired) electrons. The van der Waals surface area contributed by atoms with Gasteiger partial charge in [-0.05, 0) is 75.5 Å². The van der Waals surface area contributed by atoms with Crippen LogP contribution in [0.3, 0.4) is 0 Å². The third kappa shape index (κ3) is 14.1. The predicted octanol–water partition coefficient (Wildman–Crippen LogP) is -0.751. The molecule has 0 spiro atoms. The second-order valence-corrected chi connectivity index (χ2v) is 19.4. The highest BCUT2D eigenvalue weighted by molar-refractivity contribution is 8.00. The molecule has 1 saturated heterocycles. The molecule has 23 nitrogen and oxygen atoms in total. The minimum Gasteiger partial charge on any atom is -0.479 e. The molecule has 0 bridgehead atoms. The summed E-state index contributed by atoms with van der Waals surface area (Å²) in [5.74, 6) is -6.85. The number of carboxylic acids is 1. The zero-order valence-corrected chi connectivity index (χ0v) is 38.1. The van der Waals surface area contributed by atoms with Crippen molar-refractivity contribution in [3.63, 3.8) is 0 Å². The molecule has 8 N–H and O–H groups in total. The number of hydrogen-bond donors (Lipinski definition) is 8. The van der Waals surface area contributed by atoms with Crippen molar-refractivity contribution >= 4 is 69.0 Å². The van der Waals surface area contributed by atoms with Gasteiger partial charge in [-0.3, -0.25) is 42.9 Å². The molecule has 8 atom stereocenters. The Labute approximate surface area is 378 Å². The van der Waals surface area contributed by atoms with Gasteiger partial charge in [0.1, 0.15) is 47.4 Å². The SMILES string of the molecule is CSC(C)(C)C(=O)OCc1ccc(NC(=O)[C@H](C)NC(=O)[C@@H](NC(=O)CC(c2cn(CCCS(=O)(=O)O)nn2)N2C(=O)C=CC2=O)C(C)C)cc1CC[C@@H]1O[C@H](C(=O)O)[C@@H](O)[C@H](O)[C@H]1O. The van der Waals surface area contributed by atoms with Gasteiger partial charge >= 0.3 is 11.9 Å². The Kier molecular flexibility index (Phi) is 17.9. The number of imide groups is 1. The molecule has 1 aromatic heterocycles. The standard InChI is InChI=1S/C40H55N7O16S2/c1-20(2)31(43-28(48)17-26(47-29(49)12-13-30(47)50)25-18-46(45-44-25)14-7-15-65(59,60)61)37(55)41-21(3)36(54)42-24-10-8-23(19-62-39(58)40(4,5)64-6)22(16-24)9-11-27-32(51)33(52)34(53)35(63-27)38(56)57/h8,10,12-13,16,18,20-21,26-27,31-35,51-53H,7,9,11,14-15,17,19H2,1-6H3,(H,41,55)(H,42,54)(H,43,48)(H,56,57)(H,59,60,61)/t21-,26?,27-,31-,32-,33+,34-,35-/m0/s1. The Bertz CT molecular complexity index is 2230. The summed E-state index contributed by atoms with van der Waals surface area (Å²) in [6.45, 7) is 7.82.